The fourth-order valence-electron chi connectivity index (χ4n) is 3.22. The highest BCUT2D eigenvalue weighted by Gasteiger charge is 2.21. The zero-order valence-electron chi connectivity index (χ0n) is 15.6. The summed E-state index contributed by atoms with van der Waals surface area (Å²) in [6.45, 7) is 6.72. The number of aliphatic imine (C=N–C) groups is 1. The number of para-hydroxylation sites is 2. The van der Waals surface area contributed by atoms with E-state index in [-0.39, 0.29) is 0 Å². The monoisotopic (exact) mass is 363 g/mol. The highest BCUT2D eigenvalue weighted by Crippen LogP contribution is 2.27. The molecule has 0 saturated carbocycles. The third kappa shape index (κ3) is 4.70. The Morgan fingerprint density at radius 1 is 1.15 bits per heavy atom. The minimum atomic E-state index is 0.323. The predicted molar refractivity (Wildman–Crippen MR) is 108 cm³/mol. The molecular weight excluding hydrogens is 338 g/mol. The molecule has 27 heavy (non-hydrogen) atoms. The van der Waals surface area contributed by atoms with Crippen molar-refractivity contribution in [1.82, 2.24) is 10.2 Å². The van der Waals surface area contributed by atoms with Gasteiger partial charge in [0.25, 0.3) is 0 Å². The Morgan fingerprint density at radius 3 is 2.63 bits per heavy atom. The number of piperazine rings is 1. The van der Waals surface area contributed by atoms with Crippen molar-refractivity contribution in [3.63, 3.8) is 0 Å². The Labute approximate surface area is 160 Å². The van der Waals surface area contributed by atoms with Gasteiger partial charge >= 0.3 is 0 Å². The van der Waals surface area contributed by atoms with Crippen LogP contribution in [0.1, 0.15) is 18.1 Å². The van der Waals surface area contributed by atoms with Crippen LogP contribution in [0.3, 0.4) is 0 Å². The fourth-order valence-corrected chi connectivity index (χ4v) is 3.22. The van der Waals surface area contributed by atoms with Gasteiger partial charge in [-0.25, -0.2) is 4.99 Å². The van der Waals surface area contributed by atoms with E-state index in [1.54, 1.807) is 12.1 Å². The molecule has 0 amide bonds. The average Bonchev–Trinajstić information content (AvgIpc) is 2.72. The number of phenolic OH excluding ortho intramolecular Hbond substituents is 1. The van der Waals surface area contributed by atoms with E-state index in [1.165, 1.54) is 0 Å². The topological polar surface area (TPSA) is 74.9 Å². The molecular formula is C21H25N5O. The van der Waals surface area contributed by atoms with E-state index in [9.17, 15) is 5.11 Å². The summed E-state index contributed by atoms with van der Waals surface area (Å²) < 4.78 is 0. The van der Waals surface area contributed by atoms with Crippen LogP contribution >= 0.6 is 0 Å². The van der Waals surface area contributed by atoms with Crippen molar-refractivity contribution in [1.29, 1.82) is 5.26 Å². The first-order valence-corrected chi connectivity index (χ1v) is 9.26. The Bertz CT molecular complexity index is 834. The lowest BCUT2D eigenvalue weighted by Crippen LogP contribution is -2.52. The van der Waals surface area contributed by atoms with Gasteiger partial charge in [0.15, 0.2) is 5.96 Å². The van der Waals surface area contributed by atoms with Gasteiger partial charge in [-0.05, 0) is 36.8 Å². The van der Waals surface area contributed by atoms with Crippen LogP contribution in [-0.4, -0.2) is 48.7 Å². The zero-order chi connectivity index (χ0) is 19.1. The van der Waals surface area contributed by atoms with Gasteiger partial charge in [-0.15, -0.1) is 0 Å². The van der Waals surface area contributed by atoms with E-state index < -0.39 is 0 Å². The quantitative estimate of drug-likeness (QED) is 0.645. The van der Waals surface area contributed by atoms with Crippen molar-refractivity contribution in [2.75, 3.05) is 37.6 Å². The number of nitrogens with one attached hydrogen (secondary N) is 1. The maximum absolute atomic E-state index is 10.1. The molecule has 6 heteroatoms. The molecule has 0 radical (unpaired) electrons. The van der Waals surface area contributed by atoms with Gasteiger partial charge in [0.05, 0.1) is 23.9 Å². The summed E-state index contributed by atoms with van der Waals surface area (Å²) in [5.74, 6) is 1.21. The van der Waals surface area contributed by atoms with Crippen molar-refractivity contribution in [2.45, 2.75) is 13.5 Å². The van der Waals surface area contributed by atoms with Crippen LogP contribution in [0.15, 0.2) is 53.5 Å². The molecule has 1 fully saturated rings. The lowest BCUT2D eigenvalue weighted by molar-refractivity contribution is 0.369. The summed E-state index contributed by atoms with van der Waals surface area (Å²) in [5, 5.41) is 22.5. The van der Waals surface area contributed by atoms with Gasteiger partial charge in [0, 0.05) is 32.7 Å². The minimum Gasteiger partial charge on any atom is -0.506 e. The molecule has 2 N–H and O–H groups in total. The van der Waals surface area contributed by atoms with Crippen molar-refractivity contribution < 1.29 is 5.11 Å². The summed E-state index contributed by atoms with van der Waals surface area (Å²) >= 11 is 0. The van der Waals surface area contributed by atoms with E-state index in [2.05, 4.69) is 28.1 Å². The summed E-state index contributed by atoms with van der Waals surface area (Å²) in [4.78, 5) is 9.20. The fraction of sp³-hybridized carbons (Fsp3) is 0.333. The number of hydrogen-bond acceptors (Lipinski definition) is 4. The SMILES string of the molecule is CCNC(=NCc1cccc(C#N)c1)N1CCN(c2ccccc2O)CC1. The Kier molecular flexibility index (Phi) is 6.16. The van der Waals surface area contributed by atoms with Crippen LogP contribution in [0.25, 0.3) is 0 Å². The molecule has 1 saturated heterocycles. The van der Waals surface area contributed by atoms with E-state index in [0.717, 1.165) is 49.9 Å². The lowest BCUT2D eigenvalue weighted by Gasteiger charge is -2.37. The minimum absolute atomic E-state index is 0.323. The summed E-state index contributed by atoms with van der Waals surface area (Å²) in [7, 11) is 0. The first kappa shape index (κ1) is 18.6. The maximum atomic E-state index is 10.1. The molecule has 6 nitrogen and oxygen atoms in total. The Balaban J connectivity index is 1.65. The van der Waals surface area contributed by atoms with Gasteiger partial charge < -0.3 is 20.2 Å². The molecule has 1 heterocycles. The van der Waals surface area contributed by atoms with Gasteiger partial charge in [0.2, 0.25) is 0 Å². The van der Waals surface area contributed by atoms with Crippen molar-refractivity contribution >= 4 is 11.6 Å². The molecule has 0 atom stereocenters. The lowest BCUT2D eigenvalue weighted by atomic mass is 10.1. The van der Waals surface area contributed by atoms with Crippen LogP contribution in [0.5, 0.6) is 5.75 Å². The van der Waals surface area contributed by atoms with Crippen molar-refractivity contribution in [2.24, 2.45) is 4.99 Å². The first-order chi connectivity index (χ1) is 13.2. The summed E-state index contributed by atoms with van der Waals surface area (Å²) in [5.41, 5.74) is 2.56. The number of aromatic hydroxyl groups is 1. The largest absolute Gasteiger partial charge is 0.506 e. The van der Waals surface area contributed by atoms with Crippen LogP contribution in [0, 0.1) is 11.3 Å². The Morgan fingerprint density at radius 2 is 1.93 bits per heavy atom. The van der Waals surface area contributed by atoms with E-state index >= 15 is 0 Å². The normalized spacial score (nSPS) is 14.7. The van der Waals surface area contributed by atoms with Gasteiger partial charge in [-0.2, -0.15) is 5.26 Å². The number of benzene rings is 2. The van der Waals surface area contributed by atoms with Crippen LogP contribution in [0.4, 0.5) is 5.69 Å². The van der Waals surface area contributed by atoms with E-state index in [1.807, 2.05) is 36.4 Å². The zero-order valence-corrected chi connectivity index (χ0v) is 15.6. The van der Waals surface area contributed by atoms with Gasteiger partial charge in [-0.3, -0.25) is 0 Å². The molecule has 0 aromatic heterocycles. The molecule has 0 unspecified atom stereocenters. The van der Waals surface area contributed by atoms with Crippen LogP contribution in [-0.2, 0) is 6.54 Å². The van der Waals surface area contributed by atoms with Crippen LogP contribution < -0.4 is 10.2 Å². The molecule has 2 aromatic rings. The maximum Gasteiger partial charge on any atom is 0.194 e. The number of anilines is 1. The van der Waals surface area contributed by atoms with E-state index in [4.69, 9.17) is 10.3 Å². The molecule has 0 spiro atoms. The Hall–Kier alpha value is -3.20. The van der Waals surface area contributed by atoms with Crippen molar-refractivity contribution in [3.8, 4) is 11.8 Å². The highest BCUT2D eigenvalue weighted by molar-refractivity contribution is 5.80. The molecule has 0 bridgehead atoms. The molecule has 1 aliphatic heterocycles. The number of guanidine groups is 1. The molecule has 140 valence electrons. The van der Waals surface area contributed by atoms with Crippen LogP contribution in [0.2, 0.25) is 0 Å². The standard InChI is InChI=1S/C21H25N5O/c1-2-23-21(24-16-18-7-5-6-17(14-18)15-22)26-12-10-25(11-13-26)19-8-3-4-9-20(19)27/h3-9,14,27H,2,10-13,16H2,1H3,(H,23,24). The first-order valence-electron chi connectivity index (χ1n) is 9.26. The number of rotatable bonds is 4. The molecule has 3 rings (SSSR count). The third-order valence-corrected chi connectivity index (χ3v) is 4.60. The molecule has 0 aliphatic carbocycles. The number of nitriles is 1. The second-order valence-electron chi connectivity index (χ2n) is 6.45. The summed E-state index contributed by atoms with van der Waals surface area (Å²) in [6.07, 6.45) is 0. The second-order valence-corrected chi connectivity index (χ2v) is 6.45. The van der Waals surface area contributed by atoms with E-state index in [0.29, 0.717) is 17.9 Å². The molecule has 2 aromatic carbocycles. The second kappa shape index (κ2) is 8.95. The average molecular weight is 363 g/mol. The van der Waals surface area contributed by atoms with Gasteiger partial charge in [-0.1, -0.05) is 24.3 Å². The third-order valence-electron chi connectivity index (χ3n) is 4.60. The molecule has 1 aliphatic rings. The predicted octanol–water partition coefficient (Wildman–Crippen LogP) is 2.55. The number of hydrogen-bond donors (Lipinski definition) is 2. The summed E-state index contributed by atoms with van der Waals surface area (Å²) in [6, 6.07) is 17.2. The smallest absolute Gasteiger partial charge is 0.194 e. The number of nitrogens with zero attached hydrogens (tertiary/aromatic N) is 4. The highest BCUT2D eigenvalue weighted by atomic mass is 16.3. The number of phenols is 1. The van der Waals surface area contributed by atoms with Crippen molar-refractivity contribution in [3.05, 3.63) is 59.7 Å². The van der Waals surface area contributed by atoms with Gasteiger partial charge in [0.1, 0.15) is 5.75 Å².